The van der Waals surface area contributed by atoms with Gasteiger partial charge >= 0.3 is 11.9 Å². The van der Waals surface area contributed by atoms with Crippen LogP contribution >= 0.6 is 23.1 Å². The molecule has 1 heterocycles. The minimum Gasteiger partial charge on any atom is -0.480 e. The number of ether oxygens (including phenoxy) is 1. The molecule has 5 atom stereocenters. The molecule has 2 aromatic rings. The molecule has 12 nitrogen and oxygen atoms in total. The van der Waals surface area contributed by atoms with Gasteiger partial charge in [-0.1, -0.05) is 58.7 Å². The topological polar surface area (TPSA) is 167 Å². The standard InChI is InChI=1S/C36H53N5O7S2/c1-8-24(4)27(20-38-32(43)17-13-10-14-18-37-6)35(45)41(7)30(23(2)3)19-31(48-25(5)42)34-40-28(21-50-34)33(44)39-29(36(46)47)22-49-26-15-11-9-12-16-26/h9,11-12,15-16,20-21,23-24,27,29-31,37H,8,10,13-14,17-19,22H2,1-7H3,(H,39,44)(H,46,47)/t24-,27?,29-,30+,31+/m0/s1. The zero-order valence-corrected chi connectivity index (χ0v) is 31.9. The predicted octanol–water partition coefficient (Wildman–Crippen LogP) is 5.64. The molecule has 1 aromatic carbocycles. The first-order valence-corrected chi connectivity index (χ1v) is 19.0. The molecule has 3 N–H and O–H groups in total. The van der Waals surface area contributed by atoms with Crippen molar-refractivity contribution in [2.45, 2.75) is 96.2 Å². The second-order valence-electron chi connectivity index (χ2n) is 12.7. The van der Waals surface area contributed by atoms with Crippen molar-refractivity contribution < 1.29 is 33.8 Å². The molecule has 1 unspecified atom stereocenters. The normalized spacial score (nSPS) is 14.5. The molecule has 0 aliphatic rings. The van der Waals surface area contributed by atoms with E-state index in [1.54, 1.807) is 11.9 Å². The summed E-state index contributed by atoms with van der Waals surface area (Å²) in [6, 6.07) is 7.72. The van der Waals surface area contributed by atoms with Gasteiger partial charge in [0.25, 0.3) is 5.91 Å². The lowest BCUT2D eigenvalue weighted by atomic mass is 9.89. The van der Waals surface area contributed by atoms with Gasteiger partial charge in [0.15, 0.2) is 6.10 Å². The van der Waals surface area contributed by atoms with Crippen molar-refractivity contribution in [1.82, 2.24) is 20.5 Å². The van der Waals surface area contributed by atoms with Crippen molar-refractivity contribution in [3.05, 3.63) is 46.4 Å². The number of carbonyl (C=O) groups is 5. The number of aliphatic imine (C=N–C) groups is 1. The predicted molar refractivity (Wildman–Crippen MR) is 198 cm³/mol. The highest BCUT2D eigenvalue weighted by molar-refractivity contribution is 7.99. The molecule has 14 heteroatoms. The molecule has 0 bridgehead atoms. The number of carboxylic acids is 1. The molecule has 2 rings (SSSR count). The number of amides is 3. The molecular weight excluding hydrogens is 679 g/mol. The summed E-state index contributed by atoms with van der Waals surface area (Å²) in [5.41, 5.74) is 0.00313. The fourth-order valence-electron chi connectivity index (χ4n) is 5.23. The summed E-state index contributed by atoms with van der Waals surface area (Å²) < 4.78 is 5.68. The maximum Gasteiger partial charge on any atom is 0.327 e. The van der Waals surface area contributed by atoms with Crippen LogP contribution in [0, 0.1) is 17.8 Å². The summed E-state index contributed by atoms with van der Waals surface area (Å²) in [5, 5.41) is 17.2. The number of unbranched alkanes of at least 4 members (excludes halogenated alkanes) is 2. The lowest BCUT2D eigenvalue weighted by Crippen LogP contribution is -2.46. The van der Waals surface area contributed by atoms with Gasteiger partial charge in [0.2, 0.25) is 11.8 Å². The zero-order valence-electron chi connectivity index (χ0n) is 30.2. The number of rotatable bonds is 22. The number of carboxylic acid groups (broad SMARTS) is 1. The van der Waals surface area contributed by atoms with Crippen LogP contribution in [0.25, 0.3) is 0 Å². The third kappa shape index (κ3) is 14.3. The molecule has 0 spiro atoms. The monoisotopic (exact) mass is 731 g/mol. The van der Waals surface area contributed by atoms with E-state index in [1.165, 1.54) is 30.3 Å². The summed E-state index contributed by atoms with van der Waals surface area (Å²) in [6.45, 7) is 10.0. The molecule has 276 valence electrons. The van der Waals surface area contributed by atoms with Gasteiger partial charge in [-0.2, -0.15) is 0 Å². The SMILES string of the molecule is CC[C@H](C)C(C=NC(=O)CCCCCNC)C(=O)N(C)[C@H](C[C@@H](OC(C)=O)c1nc(C(=O)N[C@@H](CSc2ccccc2)C(=O)O)cs1)C(C)C. The fourth-order valence-corrected chi connectivity index (χ4v) is 7.00. The van der Waals surface area contributed by atoms with E-state index in [-0.39, 0.29) is 41.5 Å². The number of hydrogen-bond acceptors (Lipinski definition) is 10. The van der Waals surface area contributed by atoms with Crippen molar-refractivity contribution in [3.63, 3.8) is 0 Å². The first kappa shape index (κ1) is 42.5. The Labute approximate surface area is 304 Å². The Hall–Kier alpha value is -3.62. The van der Waals surface area contributed by atoms with Crippen molar-refractivity contribution in [2.24, 2.45) is 22.7 Å². The zero-order chi connectivity index (χ0) is 37.2. The number of aliphatic carboxylic acids is 1. The van der Waals surface area contributed by atoms with Crippen LogP contribution in [0.1, 0.15) is 94.7 Å². The number of hydrogen-bond donors (Lipinski definition) is 3. The van der Waals surface area contributed by atoms with Crippen LogP contribution in [0.3, 0.4) is 0 Å². The van der Waals surface area contributed by atoms with E-state index in [2.05, 4.69) is 20.6 Å². The summed E-state index contributed by atoms with van der Waals surface area (Å²) in [4.78, 5) is 74.8. The highest BCUT2D eigenvalue weighted by Crippen LogP contribution is 2.31. The van der Waals surface area contributed by atoms with Gasteiger partial charge in [-0.25, -0.2) is 14.8 Å². The van der Waals surface area contributed by atoms with E-state index in [9.17, 15) is 29.1 Å². The number of aromatic nitrogens is 1. The Bertz CT molecular complexity index is 1420. The average molecular weight is 732 g/mol. The molecule has 0 radical (unpaired) electrons. The Morgan fingerprint density at radius 2 is 1.80 bits per heavy atom. The number of carbonyl (C=O) groups excluding carboxylic acids is 4. The highest BCUT2D eigenvalue weighted by Gasteiger charge is 2.34. The third-order valence-corrected chi connectivity index (χ3v) is 10.5. The molecule has 0 saturated heterocycles. The number of nitrogens with one attached hydrogen (secondary N) is 2. The minimum absolute atomic E-state index is 0.00313. The minimum atomic E-state index is -1.17. The van der Waals surface area contributed by atoms with Gasteiger partial charge in [-0.05, 0) is 50.4 Å². The largest absolute Gasteiger partial charge is 0.480 e. The Morgan fingerprint density at radius 1 is 1.10 bits per heavy atom. The summed E-state index contributed by atoms with van der Waals surface area (Å²) in [7, 11) is 3.59. The van der Waals surface area contributed by atoms with Crippen molar-refractivity contribution in [1.29, 1.82) is 0 Å². The molecule has 1 aromatic heterocycles. The lowest BCUT2D eigenvalue weighted by molar-refractivity contribution is -0.148. The molecule has 50 heavy (non-hydrogen) atoms. The van der Waals surface area contributed by atoms with Crippen LogP contribution in [0.15, 0.2) is 45.6 Å². The van der Waals surface area contributed by atoms with E-state index in [4.69, 9.17) is 4.74 Å². The highest BCUT2D eigenvalue weighted by atomic mass is 32.2. The first-order chi connectivity index (χ1) is 23.8. The lowest BCUT2D eigenvalue weighted by Gasteiger charge is -2.36. The van der Waals surface area contributed by atoms with E-state index < -0.39 is 42.0 Å². The van der Waals surface area contributed by atoms with Crippen LogP contribution in [0.4, 0.5) is 0 Å². The van der Waals surface area contributed by atoms with Crippen LogP contribution < -0.4 is 10.6 Å². The summed E-state index contributed by atoms with van der Waals surface area (Å²) >= 11 is 2.43. The van der Waals surface area contributed by atoms with E-state index in [0.29, 0.717) is 17.8 Å². The molecule has 0 fully saturated rings. The Morgan fingerprint density at radius 3 is 2.40 bits per heavy atom. The van der Waals surface area contributed by atoms with Gasteiger partial charge in [0.1, 0.15) is 16.7 Å². The van der Waals surface area contributed by atoms with Crippen LogP contribution in [-0.2, 0) is 23.9 Å². The second kappa shape index (κ2) is 22.3. The number of nitrogens with zero attached hydrogens (tertiary/aromatic N) is 3. The van der Waals surface area contributed by atoms with Crippen molar-refractivity contribution in [2.75, 3.05) is 26.4 Å². The van der Waals surface area contributed by atoms with Gasteiger partial charge in [-0.15, -0.1) is 23.1 Å². The van der Waals surface area contributed by atoms with E-state index >= 15 is 0 Å². The van der Waals surface area contributed by atoms with Crippen LogP contribution in [0.2, 0.25) is 0 Å². The summed E-state index contributed by atoms with van der Waals surface area (Å²) in [6.07, 6.45) is 4.48. The molecule has 0 saturated carbocycles. The summed E-state index contributed by atoms with van der Waals surface area (Å²) in [5.74, 6) is -3.47. The van der Waals surface area contributed by atoms with Crippen molar-refractivity contribution >= 4 is 59.0 Å². The number of thioether (sulfide) groups is 1. The molecule has 3 amide bonds. The van der Waals surface area contributed by atoms with Gasteiger partial charge in [-0.3, -0.25) is 19.2 Å². The quantitative estimate of drug-likeness (QED) is 0.0597. The first-order valence-electron chi connectivity index (χ1n) is 17.1. The van der Waals surface area contributed by atoms with Crippen LogP contribution in [-0.4, -0.2) is 89.3 Å². The van der Waals surface area contributed by atoms with E-state index in [0.717, 1.165) is 42.0 Å². The molecular formula is C36H53N5O7S2. The second-order valence-corrected chi connectivity index (χ2v) is 14.6. The van der Waals surface area contributed by atoms with Crippen molar-refractivity contribution in [3.8, 4) is 0 Å². The Balaban J connectivity index is 2.21. The molecule has 0 aliphatic heterocycles. The van der Waals surface area contributed by atoms with Gasteiger partial charge in [0.05, 0.1) is 5.92 Å². The smallest absolute Gasteiger partial charge is 0.327 e. The Kier molecular flexibility index (Phi) is 18.9. The van der Waals surface area contributed by atoms with Crippen LogP contribution in [0.5, 0.6) is 0 Å². The number of esters is 1. The molecule has 0 aliphatic carbocycles. The average Bonchev–Trinajstić information content (AvgIpc) is 3.58. The maximum atomic E-state index is 14.0. The van der Waals surface area contributed by atoms with Gasteiger partial charge in [0, 0.05) is 55.1 Å². The third-order valence-electron chi connectivity index (χ3n) is 8.41. The van der Waals surface area contributed by atoms with E-state index in [1.807, 2.05) is 65.1 Å². The number of thiazole rings is 1. The number of benzene rings is 1. The fraction of sp³-hybridized carbons (Fsp3) is 0.583. The maximum absolute atomic E-state index is 14.0. The van der Waals surface area contributed by atoms with Gasteiger partial charge < -0.3 is 25.4 Å².